The predicted molar refractivity (Wildman–Crippen MR) is 88.9 cm³/mol. The number of hydrogen-bond acceptors (Lipinski definition) is 4. The van der Waals surface area contributed by atoms with Gasteiger partial charge >= 0.3 is 12.1 Å². The Morgan fingerprint density at radius 1 is 1.23 bits per heavy atom. The fourth-order valence-electron chi connectivity index (χ4n) is 2.45. The molecular weight excluding hydrogens is 397 g/mol. The molecule has 0 saturated carbocycles. The molecule has 0 saturated heterocycles. The fraction of sp³-hybridized carbons (Fsp3) is 0.267. The second-order valence-electron chi connectivity index (χ2n) is 5.37. The number of carbonyl (C=O) groups is 1. The molecule has 1 heterocycles. The Hall–Kier alpha value is -2.20. The molecule has 0 aliphatic carbocycles. The highest BCUT2D eigenvalue weighted by Gasteiger charge is 2.34. The number of aromatic amines is 1. The summed E-state index contributed by atoms with van der Waals surface area (Å²) in [5.41, 5.74) is -1.37. The first-order valence-electron chi connectivity index (χ1n) is 7.05. The van der Waals surface area contributed by atoms with Crippen LogP contribution in [0.25, 0.3) is 0 Å². The van der Waals surface area contributed by atoms with Gasteiger partial charge in [-0.05, 0) is 32.0 Å². The maximum atomic E-state index is 12.9. The summed E-state index contributed by atoms with van der Waals surface area (Å²) in [6.07, 6.45) is -4.75. The van der Waals surface area contributed by atoms with Gasteiger partial charge in [-0.2, -0.15) is 13.2 Å². The molecule has 2 N–H and O–H groups in total. The molecule has 0 aliphatic heterocycles. The summed E-state index contributed by atoms with van der Waals surface area (Å²) in [5.74, 6) is -0.890. The quantitative estimate of drug-likeness (QED) is 0.748. The SMILES string of the molecule is COC(=O)c1c(C)[nH]c(C)c1S(=O)(=O)Nc1ccc(Cl)c(C(F)(F)F)c1. The number of methoxy groups -OCH3 is 1. The van der Waals surface area contributed by atoms with Gasteiger partial charge in [0.1, 0.15) is 10.5 Å². The third-order valence-electron chi connectivity index (χ3n) is 3.50. The molecule has 0 bridgehead atoms. The Morgan fingerprint density at radius 2 is 1.85 bits per heavy atom. The highest BCUT2D eigenvalue weighted by molar-refractivity contribution is 7.92. The first kappa shape index (κ1) is 20.1. The highest BCUT2D eigenvalue weighted by atomic mass is 35.5. The molecule has 142 valence electrons. The molecule has 0 spiro atoms. The van der Waals surface area contributed by atoms with Crippen LogP contribution in [-0.4, -0.2) is 26.5 Å². The number of H-pyrrole nitrogens is 1. The van der Waals surface area contributed by atoms with Crippen LogP contribution in [0.2, 0.25) is 5.02 Å². The molecule has 1 aromatic heterocycles. The Morgan fingerprint density at radius 3 is 2.38 bits per heavy atom. The Kier molecular flexibility index (Phi) is 5.29. The van der Waals surface area contributed by atoms with Crippen molar-refractivity contribution in [1.29, 1.82) is 0 Å². The van der Waals surface area contributed by atoms with Crippen molar-refractivity contribution in [3.05, 3.63) is 45.7 Å². The van der Waals surface area contributed by atoms with E-state index in [-0.39, 0.29) is 22.6 Å². The van der Waals surface area contributed by atoms with Gasteiger partial charge < -0.3 is 9.72 Å². The smallest absolute Gasteiger partial charge is 0.417 e. The number of rotatable bonds is 4. The number of benzene rings is 1. The Labute approximate surface area is 152 Å². The molecular formula is C15H14ClF3N2O4S. The summed E-state index contributed by atoms with van der Waals surface area (Å²) in [7, 11) is -3.29. The first-order valence-corrected chi connectivity index (χ1v) is 8.91. The lowest BCUT2D eigenvalue weighted by Crippen LogP contribution is -2.18. The van der Waals surface area contributed by atoms with Crippen LogP contribution < -0.4 is 4.72 Å². The number of aryl methyl sites for hydroxylation is 2. The van der Waals surface area contributed by atoms with Crippen LogP contribution in [0.3, 0.4) is 0 Å². The van der Waals surface area contributed by atoms with Gasteiger partial charge in [0.15, 0.2) is 0 Å². The largest absolute Gasteiger partial charge is 0.465 e. The van der Waals surface area contributed by atoms with Crippen molar-refractivity contribution in [3.63, 3.8) is 0 Å². The lowest BCUT2D eigenvalue weighted by atomic mass is 10.2. The van der Waals surface area contributed by atoms with Gasteiger partial charge in [-0.1, -0.05) is 11.6 Å². The zero-order valence-corrected chi connectivity index (χ0v) is 15.4. The Bertz CT molecular complexity index is 968. The van der Waals surface area contributed by atoms with Crippen LogP contribution in [-0.2, 0) is 20.9 Å². The molecule has 0 unspecified atom stereocenters. The first-order chi connectivity index (χ1) is 11.9. The number of aromatic nitrogens is 1. The minimum atomic E-state index is -4.75. The zero-order chi connectivity index (χ0) is 19.9. The summed E-state index contributed by atoms with van der Waals surface area (Å²) in [6, 6.07) is 2.59. The number of sulfonamides is 1. The van der Waals surface area contributed by atoms with Gasteiger partial charge in [0, 0.05) is 17.1 Å². The van der Waals surface area contributed by atoms with E-state index in [9.17, 15) is 26.4 Å². The average molecular weight is 411 g/mol. The van der Waals surface area contributed by atoms with E-state index in [1.54, 1.807) is 0 Å². The minimum Gasteiger partial charge on any atom is -0.465 e. The predicted octanol–water partition coefficient (Wildman–Crippen LogP) is 3.89. The number of alkyl halides is 3. The molecule has 1 aromatic carbocycles. The summed E-state index contributed by atoms with van der Waals surface area (Å²) in [5, 5.41) is -0.565. The molecule has 2 rings (SSSR count). The van der Waals surface area contributed by atoms with Crippen LogP contribution in [0.4, 0.5) is 18.9 Å². The van der Waals surface area contributed by atoms with Crippen molar-refractivity contribution in [2.75, 3.05) is 11.8 Å². The average Bonchev–Trinajstić information content (AvgIpc) is 2.82. The number of esters is 1. The molecule has 11 heteroatoms. The van der Waals surface area contributed by atoms with E-state index in [1.807, 2.05) is 4.72 Å². The number of ether oxygens (including phenoxy) is 1. The Balaban J connectivity index is 2.54. The van der Waals surface area contributed by atoms with E-state index < -0.39 is 37.7 Å². The van der Waals surface area contributed by atoms with Crippen molar-refractivity contribution in [2.45, 2.75) is 24.9 Å². The third-order valence-corrected chi connectivity index (χ3v) is 5.38. The van der Waals surface area contributed by atoms with E-state index in [4.69, 9.17) is 11.6 Å². The van der Waals surface area contributed by atoms with Crippen LogP contribution in [0.1, 0.15) is 27.3 Å². The second kappa shape index (κ2) is 6.84. The maximum Gasteiger partial charge on any atom is 0.417 e. The van der Waals surface area contributed by atoms with Crippen molar-refractivity contribution in [2.24, 2.45) is 0 Å². The van der Waals surface area contributed by atoms with Crippen LogP contribution in [0.5, 0.6) is 0 Å². The van der Waals surface area contributed by atoms with Gasteiger partial charge in [0.2, 0.25) is 0 Å². The molecule has 26 heavy (non-hydrogen) atoms. The summed E-state index contributed by atoms with van der Waals surface area (Å²) in [6.45, 7) is 2.89. The van der Waals surface area contributed by atoms with E-state index >= 15 is 0 Å². The van der Waals surface area contributed by atoms with Crippen molar-refractivity contribution < 1.29 is 31.1 Å². The third kappa shape index (κ3) is 3.80. The standard InChI is InChI=1S/C15H14ClF3N2O4S/c1-7-12(14(22)25-3)13(8(2)20-7)26(23,24)21-9-4-5-11(16)10(6-9)15(17,18)19/h4-6,20-21H,1-3H3. The van der Waals surface area contributed by atoms with Crippen LogP contribution in [0.15, 0.2) is 23.1 Å². The second-order valence-corrected chi connectivity index (χ2v) is 7.40. The molecule has 2 aromatic rings. The van der Waals surface area contributed by atoms with E-state index in [0.717, 1.165) is 19.2 Å². The van der Waals surface area contributed by atoms with Crippen molar-refractivity contribution in [1.82, 2.24) is 4.98 Å². The van der Waals surface area contributed by atoms with Crippen LogP contribution in [0, 0.1) is 13.8 Å². The summed E-state index contributed by atoms with van der Waals surface area (Å²) in [4.78, 5) is 14.2. The molecule has 6 nitrogen and oxygen atoms in total. The fourth-order valence-corrected chi connectivity index (χ4v) is 4.18. The van der Waals surface area contributed by atoms with E-state index in [2.05, 4.69) is 9.72 Å². The number of hydrogen-bond donors (Lipinski definition) is 2. The topological polar surface area (TPSA) is 88.3 Å². The monoisotopic (exact) mass is 410 g/mol. The van der Waals surface area contributed by atoms with Gasteiger partial charge in [0.25, 0.3) is 10.0 Å². The normalized spacial score (nSPS) is 12.1. The van der Waals surface area contributed by atoms with Gasteiger partial charge in [0.05, 0.1) is 17.7 Å². The van der Waals surface area contributed by atoms with Gasteiger partial charge in [-0.25, -0.2) is 13.2 Å². The highest BCUT2D eigenvalue weighted by Crippen LogP contribution is 2.37. The van der Waals surface area contributed by atoms with Crippen LogP contribution >= 0.6 is 11.6 Å². The summed E-state index contributed by atoms with van der Waals surface area (Å²) < 4.78 is 70.8. The lowest BCUT2D eigenvalue weighted by Gasteiger charge is -2.13. The number of anilines is 1. The van der Waals surface area contributed by atoms with Gasteiger partial charge in [-0.3, -0.25) is 4.72 Å². The number of carbonyl (C=O) groups excluding carboxylic acids is 1. The van der Waals surface area contributed by atoms with E-state index in [1.165, 1.54) is 13.8 Å². The molecule has 0 atom stereocenters. The van der Waals surface area contributed by atoms with Gasteiger partial charge in [-0.15, -0.1) is 0 Å². The number of halogens is 4. The lowest BCUT2D eigenvalue weighted by molar-refractivity contribution is -0.137. The molecule has 0 amide bonds. The van der Waals surface area contributed by atoms with Crippen molar-refractivity contribution in [3.8, 4) is 0 Å². The summed E-state index contributed by atoms with van der Waals surface area (Å²) >= 11 is 5.52. The van der Waals surface area contributed by atoms with Crippen molar-refractivity contribution >= 4 is 33.3 Å². The minimum absolute atomic E-state index is 0.139. The number of nitrogens with one attached hydrogen (secondary N) is 2. The maximum absolute atomic E-state index is 12.9. The molecule has 0 radical (unpaired) electrons. The molecule has 0 aliphatic rings. The van der Waals surface area contributed by atoms with E-state index in [0.29, 0.717) is 6.07 Å². The zero-order valence-electron chi connectivity index (χ0n) is 13.8. The molecule has 0 fully saturated rings.